The van der Waals surface area contributed by atoms with E-state index < -0.39 is 0 Å². The molecule has 20 heavy (non-hydrogen) atoms. The van der Waals surface area contributed by atoms with Crippen molar-refractivity contribution >= 4 is 11.6 Å². The summed E-state index contributed by atoms with van der Waals surface area (Å²) in [7, 11) is 0. The van der Waals surface area contributed by atoms with E-state index in [9.17, 15) is 0 Å². The molecule has 0 aliphatic heterocycles. The predicted octanol–water partition coefficient (Wildman–Crippen LogP) is 1.87. The third-order valence-corrected chi connectivity index (χ3v) is 3.92. The zero-order chi connectivity index (χ0) is 13.9. The van der Waals surface area contributed by atoms with E-state index >= 15 is 0 Å². The number of hydrogen-bond donors (Lipinski definition) is 2. The van der Waals surface area contributed by atoms with Gasteiger partial charge in [0.2, 0.25) is 0 Å². The zero-order valence-corrected chi connectivity index (χ0v) is 11.2. The third-order valence-electron chi connectivity index (χ3n) is 3.92. The maximum Gasteiger partial charge on any atom is 0.146 e. The molecular formula is C14H18N6. The van der Waals surface area contributed by atoms with Crippen LogP contribution in [0.3, 0.4) is 0 Å². The molecule has 4 N–H and O–H groups in total. The summed E-state index contributed by atoms with van der Waals surface area (Å²) in [6.45, 7) is 0. The Morgan fingerprint density at radius 1 is 0.750 bits per heavy atom. The van der Waals surface area contributed by atoms with E-state index in [-0.39, 0.29) is 0 Å². The second-order valence-corrected chi connectivity index (χ2v) is 5.33. The van der Waals surface area contributed by atoms with Gasteiger partial charge >= 0.3 is 0 Å². The Bertz CT molecular complexity index is 514. The molecule has 2 heterocycles. The Balaban J connectivity index is 1.76. The Kier molecular flexibility index (Phi) is 3.45. The van der Waals surface area contributed by atoms with Crippen molar-refractivity contribution < 1.29 is 0 Å². The highest BCUT2D eigenvalue weighted by atomic mass is 15.1. The monoisotopic (exact) mass is 270 g/mol. The van der Waals surface area contributed by atoms with Gasteiger partial charge in [-0.25, -0.2) is 0 Å². The minimum atomic E-state index is 0.418. The lowest BCUT2D eigenvalue weighted by Gasteiger charge is -2.27. The van der Waals surface area contributed by atoms with Crippen LogP contribution in [0, 0.1) is 0 Å². The van der Waals surface area contributed by atoms with Gasteiger partial charge in [-0.05, 0) is 43.5 Å². The van der Waals surface area contributed by atoms with Gasteiger partial charge in [-0.3, -0.25) is 0 Å². The lowest BCUT2D eigenvalue weighted by Crippen LogP contribution is -2.16. The number of nitrogens with zero attached hydrogens (tertiary/aromatic N) is 4. The SMILES string of the molecule is Nc1ccc(C2CCCC(c3ccc(N)nn3)C2)nn1. The first-order chi connectivity index (χ1) is 9.72. The van der Waals surface area contributed by atoms with Gasteiger partial charge in [0.25, 0.3) is 0 Å². The molecule has 0 radical (unpaired) electrons. The summed E-state index contributed by atoms with van der Waals surface area (Å²) in [5.41, 5.74) is 13.2. The van der Waals surface area contributed by atoms with Crippen LogP contribution in [0.25, 0.3) is 0 Å². The highest BCUT2D eigenvalue weighted by molar-refractivity contribution is 5.28. The van der Waals surface area contributed by atoms with Gasteiger partial charge in [-0.2, -0.15) is 10.2 Å². The average molecular weight is 270 g/mol. The number of nitrogen functional groups attached to an aromatic ring is 2. The number of nitrogens with two attached hydrogens (primary N) is 2. The summed E-state index contributed by atoms with van der Waals surface area (Å²) in [5.74, 6) is 1.76. The van der Waals surface area contributed by atoms with E-state index in [1.165, 1.54) is 0 Å². The van der Waals surface area contributed by atoms with E-state index in [1.54, 1.807) is 0 Å². The third kappa shape index (κ3) is 2.68. The second-order valence-electron chi connectivity index (χ2n) is 5.33. The van der Waals surface area contributed by atoms with E-state index in [1.807, 2.05) is 24.3 Å². The number of anilines is 2. The predicted molar refractivity (Wildman–Crippen MR) is 76.8 cm³/mol. The van der Waals surface area contributed by atoms with Crippen molar-refractivity contribution in [2.45, 2.75) is 37.5 Å². The van der Waals surface area contributed by atoms with Crippen LogP contribution in [0.15, 0.2) is 24.3 Å². The van der Waals surface area contributed by atoms with E-state index in [0.29, 0.717) is 23.5 Å². The van der Waals surface area contributed by atoms with E-state index in [2.05, 4.69) is 20.4 Å². The lowest BCUT2D eigenvalue weighted by molar-refractivity contribution is 0.380. The fraction of sp³-hybridized carbons (Fsp3) is 0.429. The molecule has 3 rings (SSSR count). The normalized spacial score (nSPS) is 22.6. The van der Waals surface area contributed by atoms with E-state index in [0.717, 1.165) is 37.1 Å². The topological polar surface area (TPSA) is 104 Å². The fourth-order valence-corrected chi connectivity index (χ4v) is 2.87. The fourth-order valence-electron chi connectivity index (χ4n) is 2.87. The minimum absolute atomic E-state index is 0.418. The van der Waals surface area contributed by atoms with Crippen molar-refractivity contribution in [3.63, 3.8) is 0 Å². The maximum absolute atomic E-state index is 5.59. The van der Waals surface area contributed by atoms with Crippen molar-refractivity contribution in [3.8, 4) is 0 Å². The van der Waals surface area contributed by atoms with Gasteiger partial charge < -0.3 is 11.5 Å². The number of hydrogen-bond acceptors (Lipinski definition) is 6. The van der Waals surface area contributed by atoms with Crippen LogP contribution in [0.1, 0.15) is 48.9 Å². The number of rotatable bonds is 2. The highest BCUT2D eigenvalue weighted by Gasteiger charge is 2.26. The molecule has 1 saturated carbocycles. The molecule has 2 aromatic heterocycles. The highest BCUT2D eigenvalue weighted by Crippen LogP contribution is 2.39. The number of aromatic nitrogens is 4. The summed E-state index contributed by atoms with van der Waals surface area (Å²) in [4.78, 5) is 0. The Morgan fingerprint density at radius 3 is 1.65 bits per heavy atom. The Morgan fingerprint density at radius 2 is 1.25 bits per heavy atom. The van der Waals surface area contributed by atoms with Crippen LogP contribution in [-0.2, 0) is 0 Å². The smallest absolute Gasteiger partial charge is 0.146 e. The quantitative estimate of drug-likeness (QED) is 0.863. The van der Waals surface area contributed by atoms with Crippen LogP contribution in [0.5, 0.6) is 0 Å². The van der Waals surface area contributed by atoms with Gasteiger partial charge in [0.15, 0.2) is 0 Å². The molecule has 2 unspecified atom stereocenters. The largest absolute Gasteiger partial charge is 0.382 e. The van der Waals surface area contributed by atoms with Crippen molar-refractivity contribution in [1.29, 1.82) is 0 Å². The van der Waals surface area contributed by atoms with Gasteiger partial charge in [0, 0.05) is 11.8 Å². The van der Waals surface area contributed by atoms with Crippen LogP contribution >= 0.6 is 0 Å². The summed E-state index contributed by atoms with van der Waals surface area (Å²) in [6.07, 6.45) is 4.46. The molecule has 0 spiro atoms. The first kappa shape index (κ1) is 12.8. The van der Waals surface area contributed by atoms with E-state index in [4.69, 9.17) is 11.5 Å². The Labute approximate surface area is 117 Å². The summed E-state index contributed by atoms with van der Waals surface area (Å²) in [5, 5.41) is 16.3. The zero-order valence-electron chi connectivity index (χ0n) is 11.2. The molecule has 6 nitrogen and oxygen atoms in total. The molecule has 0 aromatic carbocycles. The second kappa shape index (κ2) is 5.40. The standard InChI is InChI=1S/C14H18N6/c15-13-6-4-11(17-19-13)9-2-1-3-10(8-9)12-5-7-14(16)20-18-12/h4-7,9-10H,1-3,8H2,(H2,15,19)(H2,16,20). The molecule has 0 bridgehead atoms. The van der Waals surface area contributed by atoms with Crippen LogP contribution < -0.4 is 11.5 Å². The van der Waals surface area contributed by atoms with Crippen molar-refractivity contribution in [2.75, 3.05) is 11.5 Å². The summed E-state index contributed by atoms with van der Waals surface area (Å²) < 4.78 is 0. The molecule has 1 aliphatic carbocycles. The molecule has 6 heteroatoms. The van der Waals surface area contributed by atoms with Crippen LogP contribution in [-0.4, -0.2) is 20.4 Å². The van der Waals surface area contributed by atoms with Gasteiger partial charge in [-0.15, -0.1) is 10.2 Å². The van der Waals surface area contributed by atoms with Gasteiger partial charge in [-0.1, -0.05) is 6.42 Å². The van der Waals surface area contributed by atoms with Crippen LogP contribution in [0.4, 0.5) is 11.6 Å². The Hall–Kier alpha value is -2.24. The van der Waals surface area contributed by atoms with Crippen molar-refractivity contribution in [1.82, 2.24) is 20.4 Å². The average Bonchev–Trinajstić information content (AvgIpc) is 2.49. The van der Waals surface area contributed by atoms with Crippen molar-refractivity contribution in [2.24, 2.45) is 0 Å². The molecule has 1 fully saturated rings. The molecule has 2 atom stereocenters. The van der Waals surface area contributed by atoms with Crippen LogP contribution in [0.2, 0.25) is 0 Å². The molecule has 0 saturated heterocycles. The molecular weight excluding hydrogens is 252 g/mol. The first-order valence-corrected chi connectivity index (χ1v) is 6.90. The molecule has 0 amide bonds. The maximum atomic E-state index is 5.59. The molecule has 1 aliphatic rings. The summed E-state index contributed by atoms with van der Waals surface area (Å²) in [6, 6.07) is 7.58. The van der Waals surface area contributed by atoms with Gasteiger partial charge in [0.1, 0.15) is 11.6 Å². The van der Waals surface area contributed by atoms with Crippen molar-refractivity contribution in [3.05, 3.63) is 35.7 Å². The van der Waals surface area contributed by atoms with Gasteiger partial charge in [0.05, 0.1) is 11.4 Å². The molecule has 104 valence electrons. The lowest BCUT2D eigenvalue weighted by atomic mass is 9.78. The first-order valence-electron chi connectivity index (χ1n) is 6.90. The summed E-state index contributed by atoms with van der Waals surface area (Å²) >= 11 is 0. The molecule has 2 aromatic rings. The minimum Gasteiger partial charge on any atom is -0.382 e.